The quantitative estimate of drug-likeness (QED) is 0.0537. The van der Waals surface area contributed by atoms with E-state index in [-0.39, 0.29) is 12.1 Å². The van der Waals surface area contributed by atoms with Crippen LogP contribution in [0, 0.1) is 0 Å². The fraction of sp³-hybridized carbons (Fsp3) is 0.442. The SMILES string of the molecule is C[C@H](Cc1ccc(OCCCCCCCCCOc2ccc(C[C@@H](C)NC[C@H](O)c3cccc(Cl)c3)cc2)cc1)NC[C@H](O)c1cccc(Cl)c1. The molecular weight excluding hydrogens is 679 g/mol. The van der Waals surface area contributed by atoms with Crippen molar-refractivity contribution in [1.29, 1.82) is 0 Å². The van der Waals surface area contributed by atoms with Crippen LogP contribution in [-0.4, -0.2) is 48.6 Å². The molecule has 4 rings (SSSR count). The fourth-order valence-corrected chi connectivity index (χ4v) is 6.45. The molecule has 6 nitrogen and oxygen atoms in total. The molecule has 276 valence electrons. The van der Waals surface area contributed by atoms with Gasteiger partial charge < -0.3 is 30.3 Å². The van der Waals surface area contributed by atoms with Crippen molar-refractivity contribution in [2.45, 2.75) is 95.9 Å². The van der Waals surface area contributed by atoms with Crippen molar-refractivity contribution in [2.24, 2.45) is 0 Å². The van der Waals surface area contributed by atoms with Gasteiger partial charge in [-0.15, -0.1) is 0 Å². The summed E-state index contributed by atoms with van der Waals surface area (Å²) in [6, 6.07) is 31.9. The van der Waals surface area contributed by atoms with E-state index in [0.717, 1.165) is 61.5 Å². The third-order valence-electron chi connectivity index (χ3n) is 9.04. The predicted octanol–water partition coefficient (Wildman–Crippen LogP) is 9.69. The van der Waals surface area contributed by atoms with Gasteiger partial charge in [0.05, 0.1) is 25.4 Å². The van der Waals surface area contributed by atoms with E-state index >= 15 is 0 Å². The molecule has 0 bridgehead atoms. The number of aliphatic hydroxyl groups is 2. The Labute approximate surface area is 315 Å². The van der Waals surface area contributed by atoms with E-state index in [9.17, 15) is 10.2 Å². The van der Waals surface area contributed by atoms with Gasteiger partial charge in [-0.05, 0) is 110 Å². The summed E-state index contributed by atoms with van der Waals surface area (Å²) in [7, 11) is 0. The van der Waals surface area contributed by atoms with Crippen molar-refractivity contribution < 1.29 is 19.7 Å². The number of nitrogens with one attached hydrogen (secondary N) is 2. The normalized spacial score (nSPS) is 13.8. The Hall–Kier alpha value is -3.10. The molecular formula is C43H56Cl2N2O4. The van der Waals surface area contributed by atoms with Gasteiger partial charge in [-0.1, -0.05) is 104 Å². The van der Waals surface area contributed by atoms with E-state index in [2.05, 4.69) is 73.0 Å². The first-order valence-electron chi connectivity index (χ1n) is 18.5. The van der Waals surface area contributed by atoms with Crippen LogP contribution >= 0.6 is 23.2 Å². The summed E-state index contributed by atoms with van der Waals surface area (Å²) in [4.78, 5) is 0. The van der Waals surface area contributed by atoms with Gasteiger partial charge in [0, 0.05) is 35.2 Å². The maximum absolute atomic E-state index is 10.4. The summed E-state index contributed by atoms with van der Waals surface area (Å²) in [6.45, 7) is 6.71. The maximum atomic E-state index is 10.4. The fourth-order valence-electron chi connectivity index (χ4n) is 6.05. The van der Waals surface area contributed by atoms with Crippen molar-refractivity contribution in [3.63, 3.8) is 0 Å². The highest BCUT2D eigenvalue weighted by Crippen LogP contribution is 2.20. The second kappa shape index (κ2) is 22.8. The summed E-state index contributed by atoms with van der Waals surface area (Å²) in [5.41, 5.74) is 4.12. The summed E-state index contributed by atoms with van der Waals surface area (Å²) < 4.78 is 12.0. The molecule has 0 aliphatic rings. The van der Waals surface area contributed by atoms with Gasteiger partial charge >= 0.3 is 0 Å². The van der Waals surface area contributed by atoms with Crippen LogP contribution in [0.25, 0.3) is 0 Å². The van der Waals surface area contributed by atoms with Crippen molar-refractivity contribution in [3.05, 3.63) is 129 Å². The molecule has 4 aromatic rings. The van der Waals surface area contributed by atoms with E-state index in [1.54, 1.807) is 12.1 Å². The first kappa shape index (κ1) is 40.7. The summed E-state index contributed by atoms with van der Waals surface area (Å²) in [5, 5.41) is 29.0. The van der Waals surface area contributed by atoms with E-state index in [1.807, 2.05) is 36.4 Å². The average Bonchev–Trinajstić information content (AvgIpc) is 3.13. The standard InChI is InChI=1S/C43H56Cl2N2O4/c1-32(46-30-42(48)36-12-10-14-38(44)28-36)26-34-16-20-40(21-17-34)50-24-8-6-4-3-5-7-9-25-51-41-22-18-35(19-23-41)27-33(2)47-31-43(49)37-13-11-15-39(45)29-37/h10-23,28-29,32-33,42-43,46-49H,3-9,24-27,30-31H2,1-2H3/t32-,33-,42+,43+/m1/s1. The van der Waals surface area contributed by atoms with Crippen molar-refractivity contribution in [2.75, 3.05) is 26.3 Å². The monoisotopic (exact) mass is 734 g/mol. The van der Waals surface area contributed by atoms with Crippen LogP contribution in [0.15, 0.2) is 97.1 Å². The molecule has 0 spiro atoms. The number of benzene rings is 4. The van der Waals surface area contributed by atoms with Crippen molar-refractivity contribution >= 4 is 23.2 Å². The van der Waals surface area contributed by atoms with Crippen molar-refractivity contribution in [1.82, 2.24) is 10.6 Å². The van der Waals surface area contributed by atoms with Crippen molar-refractivity contribution in [3.8, 4) is 11.5 Å². The predicted molar refractivity (Wildman–Crippen MR) is 211 cm³/mol. The van der Waals surface area contributed by atoms with Gasteiger partial charge in [-0.3, -0.25) is 0 Å². The Kier molecular flexibility index (Phi) is 18.1. The number of rotatable bonds is 24. The molecule has 8 heteroatoms. The lowest BCUT2D eigenvalue weighted by Crippen LogP contribution is -2.32. The molecule has 0 heterocycles. The minimum absolute atomic E-state index is 0.231. The molecule has 0 aliphatic carbocycles. The Morgan fingerprint density at radius 3 is 1.27 bits per heavy atom. The average molecular weight is 736 g/mol. The minimum Gasteiger partial charge on any atom is -0.494 e. The van der Waals surface area contributed by atoms with Gasteiger partial charge in [0.1, 0.15) is 11.5 Å². The smallest absolute Gasteiger partial charge is 0.119 e. The Bertz CT molecular complexity index is 1420. The first-order chi connectivity index (χ1) is 24.7. The van der Waals surface area contributed by atoms with E-state index in [0.29, 0.717) is 23.1 Å². The van der Waals surface area contributed by atoms with Crippen LogP contribution in [0.2, 0.25) is 10.0 Å². The molecule has 4 aromatic carbocycles. The lowest BCUT2D eigenvalue weighted by atomic mass is 10.1. The van der Waals surface area contributed by atoms with Crippen LogP contribution in [0.3, 0.4) is 0 Å². The molecule has 0 aromatic heterocycles. The minimum atomic E-state index is -0.586. The number of hydrogen-bond donors (Lipinski definition) is 4. The lowest BCUT2D eigenvalue weighted by Gasteiger charge is -2.18. The molecule has 4 atom stereocenters. The van der Waals surface area contributed by atoms with E-state index in [4.69, 9.17) is 32.7 Å². The van der Waals surface area contributed by atoms with Crippen LogP contribution in [-0.2, 0) is 12.8 Å². The third-order valence-corrected chi connectivity index (χ3v) is 9.51. The van der Waals surface area contributed by atoms with E-state index in [1.165, 1.54) is 43.2 Å². The van der Waals surface area contributed by atoms with Gasteiger partial charge in [0.15, 0.2) is 0 Å². The molecule has 51 heavy (non-hydrogen) atoms. The maximum Gasteiger partial charge on any atom is 0.119 e. The summed E-state index contributed by atoms with van der Waals surface area (Å²) >= 11 is 12.1. The van der Waals surface area contributed by atoms with Gasteiger partial charge in [0.25, 0.3) is 0 Å². The molecule has 0 unspecified atom stereocenters. The number of halogens is 2. The Balaban J connectivity index is 0.962. The van der Waals surface area contributed by atoms with Crippen LogP contribution in [0.1, 0.15) is 93.3 Å². The number of hydrogen-bond acceptors (Lipinski definition) is 6. The molecule has 0 amide bonds. The van der Waals surface area contributed by atoms with Crippen LogP contribution in [0.5, 0.6) is 11.5 Å². The van der Waals surface area contributed by atoms with Gasteiger partial charge in [-0.25, -0.2) is 0 Å². The van der Waals surface area contributed by atoms with Crippen LogP contribution < -0.4 is 20.1 Å². The number of unbranched alkanes of at least 4 members (excludes halogenated alkanes) is 6. The summed E-state index contributed by atoms with van der Waals surface area (Å²) in [6.07, 6.45) is 8.78. The molecule has 0 aliphatic heterocycles. The Morgan fingerprint density at radius 1 is 0.529 bits per heavy atom. The van der Waals surface area contributed by atoms with Gasteiger partial charge in [0.2, 0.25) is 0 Å². The highest BCUT2D eigenvalue weighted by Gasteiger charge is 2.12. The number of aliphatic hydroxyl groups excluding tert-OH is 2. The third kappa shape index (κ3) is 16.0. The second-order valence-electron chi connectivity index (χ2n) is 13.6. The molecule has 0 saturated heterocycles. The number of ether oxygens (including phenoxy) is 2. The van der Waals surface area contributed by atoms with Gasteiger partial charge in [-0.2, -0.15) is 0 Å². The summed E-state index contributed by atoms with van der Waals surface area (Å²) in [5.74, 6) is 1.83. The highest BCUT2D eigenvalue weighted by atomic mass is 35.5. The largest absolute Gasteiger partial charge is 0.494 e. The first-order valence-corrected chi connectivity index (χ1v) is 19.3. The molecule has 4 N–H and O–H groups in total. The van der Waals surface area contributed by atoms with E-state index < -0.39 is 12.2 Å². The lowest BCUT2D eigenvalue weighted by molar-refractivity contribution is 0.170. The zero-order chi connectivity index (χ0) is 36.3. The second-order valence-corrected chi connectivity index (χ2v) is 14.5. The topological polar surface area (TPSA) is 83.0 Å². The highest BCUT2D eigenvalue weighted by molar-refractivity contribution is 6.30. The molecule has 0 saturated carbocycles. The molecule has 0 fully saturated rings. The zero-order valence-corrected chi connectivity index (χ0v) is 31.7. The molecule has 0 radical (unpaired) electrons. The zero-order valence-electron chi connectivity index (χ0n) is 30.2. The van der Waals surface area contributed by atoms with Crippen LogP contribution in [0.4, 0.5) is 0 Å². The Morgan fingerprint density at radius 2 is 0.902 bits per heavy atom.